The average Bonchev–Trinajstić information content (AvgIpc) is 3.04. The van der Waals surface area contributed by atoms with Crippen molar-refractivity contribution in [1.29, 1.82) is 0 Å². The number of hydrogen-bond donors (Lipinski definition) is 1. The number of benzene rings is 1. The lowest BCUT2D eigenvalue weighted by Crippen LogP contribution is -2.42. The second-order valence-corrected chi connectivity index (χ2v) is 8.20. The fraction of sp³-hybridized carbons (Fsp3) is 0.450. The van der Waals surface area contributed by atoms with Gasteiger partial charge in [0.2, 0.25) is 5.91 Å². The van der Waals surface area contributed by atoms with Gasteiger partial charge in [-0.3, -0.25) is 14.5 Å². The summed E-state index contributed by atoms with van der Waals surface area (Å²) in [6.45, 7) is 3.37. The van der Waals surface area contributed by atoms with Crippen LogP contribution < -0.4 is 10.1 Å². The summed E-state index contributed by atoms with van der Waals surface area (Å²) in [5.41, 5.74) is 0.607. The summed E-state index contributed by atoms with van der Waals surface area (Å²) in [4.78, 5) is 32.8. The Kier molecular flexibility index (Phi) is 6.81. The van der Waals surface area contributed by atoms with Crippen LogP contribution in [0.2, 0.25) is 0 Å². The number of likely N-dealkylation sites (tertiary alicyclic amines) is 1. The first-order valence-electron chi connectivity index (χ1n) is 9.46. The molecule has 0 radical (unpaired) electrons. The largest absolute Gasteiger partial charge is 0.487 e. The van der Waals surface area contributed by atoms with Crippen molar-refractivity contribution in [2.75, 3.05) is 39.0 Å². The molecular weight excluding hydrogens is 395 g/mol. The Morgan fingerprint density at radius 2 is 2.00 bits per heavy atom. The number of para-hydroxylation sites is 1. The van der Waals surface area contributed by atoms with Crippen molar-refractivity contribution in [2.45, 2.75) is 25.9 Å². The van der Waals surface area contributed by atoms with Crippen molar-refractivity contribution >= 4 is 28.3 Å². The molecule has 1 aliphatic rings. The van der Waals surface area contributed by atoms with E-state index < -0.39 is 0 Å². The molecule has 3 rings (SSSR count). The van der Waals surface area contributed by atoms with Crippen molar-refractivity contribution in [3.05, 3.63) is 40.7 Å². The molecule has 0 spiro atoms. The van der Waals surface area contributed by atoms with E-state index in [4.69, 9.17) is 4.74 Å². The third kappa shape index (κ3) is 5.51. The summed E-state index contributed by atoms with van der Waals surface area (Å²) in [5.74, 6) is -0.389. The second kappa shape index (κ2) is 9.32. The predicted molar refractivity (Wildman–Crippen MR) is 110 cm³/mol. The lowest BCUT2D eigenvalue weighted by atomic mass is 10.1. The van der Waals surface area contributed by atoms with Crippen LogP contribution in [0.15, 0.2) is 24.3 Å². The van der Waals surface area contributed by atoms with Gasteiger partial charge >= 0.3 is 0 Å². The zero-order chi connectivity index (χ0) is 21.0. The van der Waals surface area contributed by atoms with E-state index in [1.165, 1.54) is 22.3 Å². The molecule has 156 valence electrons. The Morgan fingerprint density at radius 1 is 1.31 bits per heavy atom. The summed E-state index contributed by atoms with van der Waals surface area (Å²) in [6.07, 6.45) is 1.38. The van der Waals surface area contributed by atoms with Gasteiger partial charge < -0.3 is 15.0 Å². The topological polar surface area (TPSA) is 74.8 Å². The van der Waals surface area contributed by atoms with Gasteiger partial charge in [-0.25, -0.2) is 9.37 Å². The molecule has 2 amide bonds. The molecule has 1 aliphatic heterocycles. The van der Waals surface area contributed by atoms with Gasteiger partial charge in [-0.15, -0.1) is 0 Å². The summed E-state index contributed by atoms with van der Waals surface area (Å²) in [6, 6.07) is 6.38. The Morgan fingerprint density at radius 3 is 2.66 bits per heavy atom. The molecule has 0 unspecified atom stereocenters. The minimum absolute atomic E-state index is 0.0626. The van der Waals surface area contributed by atoms with Crippen LogP contribution in [0.5, 0.6) is 5.75 Å². The SMILES string of the molecule is Cc1nc(NC(=O)CN2CCC(Oc3ccccc3F)CC2)sc1C(=O)N(C)C. The minimum atomic E-state index is -0.361. The number of ether oxygens (including phenoxy) is 1. The van der Waals surface area contributed by atoms with Crippen LogP contribution in [0, 0.1) is 12.7 Å². The van der Waals surface area contributed by atoms with Gasteiger partial charge in [0.25, 0.3) is 5.91 Å². The molecule has 1 aromatic carbocycles. The number of carbonyl (C=O) groups excluding carboxylic acids is 2. The number of rotatable bonds is 6. The molecule has 0 saturated carbocycles. The molecule has 2 heterocycles. The molecule has 1 N–H and O–H groups in total. The highest BCUT2D eigenvalue weighted by atomic mass is 32.1. The third-order valence-corrected chi connectivity index (χ3v) is 5.74. The number of carbonyl (C=O) groups is 2. The number of nitrogens with one attached hydrogen (secondary N) is 1. The summed E-state index contributed by atoms with van der Waals surface area (Å²) < 4.78 is 19.5. The first-order valence-corrected chi connectivity index (χ1v) is 10.3. The summed E-state index contributed by atoms with van der Waals surface area (Å²) in [7, 11) is 3.36. The van der Waals surface area contributed by atoms with Crippen LogP contribution >= 0.6 is 11.3 Å². The van der Waals surface area contributed by atoms with E-state index in [2.05, 4.69) is 10.3 Å². The molecule has 7 nitrogen and oxygen atoms in total. The molecule has 2 aromatic rings. The van der Waals surface area contributed by atoms with Gasteiger partial charge in [0.05, 0.1) is 12.2 Å². The summed E-state index contributed by atoms with van der Waals surface area (Å²) >= 11 is 1.18. The zero-order valence-electron chi connectivity index (χ0n) is 16.8. The fourth-order valence-corrected chi connectivity index (χ4v) is 4.12. The quantitative estimate of drug-likeness (QED) is 0.778. The van der Waals surface area contributed by atoms with E-state index in [1.807, 2.05) is 4.90 Å². The van der Waals surface area contributed by atoms with E-state index in [9.17, 15) is 14.0 Å². The van der Waals surface area contributed by atoms with Crippen molar-refractivity contribution in [2.24, 2.45) is 0 Å². The maximum Gasteiger partial charge on any atom is 0.265 e. The Bertz CT molecular complexity index is 878. The number of aryl methyl sites for hydroxylation is 1. The van der Waals surface area contributed by atoms with Gasteiger partial charge in [0, 0.05) is 27.2 Å². The Hall–Kier alpha value is -2.52. The number of piperidine rings is 1. The van der Waals surface area contributed by atoms with Crippen LogP contribution in [-0.2, 0) is 4.79 Å². The fourth-order valence-electron chi connectivity index (χ4n) is 3.12. The van der Waals surface area contributed by atoms with E-state index >= 15 is 0 Å². The smallest absolute Gasteiger partial charge is 0.265 e. The normalized spacial score (nSPS) is 15.2. The number of aromatic nitrogens is 1. The van der Waals surface area contributed by atoms with Crippen LogP contribution in [0.3, 0.4) is 0 Å². The number of hydrogen-bond acceptors (Lipinski definition) is 6. The van der Waals surface area contributed by atoms with E-state index in [-0.39, 0.29) is 36.0 Å². The van der Waals surface area contributed by atoms with Crippen LogP contribution in [0.4, 0.5) is 9.52 Å². The third-order valence-electron chi connectivity index (χ3n) is 4.68. The number of nitrogens with zero attached hydrogens (tertiary/aromatic N) is 3. The van der Waals surface area contributed by atoms with Crippen molar-refractivity contribution < 1.29 is 18.7 Å². The molecule has 1 saturated heterocycles. The first kappa shape index (κ1) is 21.2. The molecular formula is C20H25FN4O3S. The molecule has 0 bridgehead atoms. The zero-order valence-corrected chi connectivity index (χ0v) is 17.6. The number of thiazole rings is 1. The lowest BCUT2D eigenvalue weighted by molar-refractivity contribution is -0.117. The highest BCUT2D eigenvalue weighted by Crippen LogP contribution is 2.24. The van der Waals surface area contributed by atoms with Gasteiger partial charge in [-0.2, -0.15) is 0 Å². The molecule has 29 heavy (non-hydrogen) atoms. The van der Waals surface area contributed by atoms with Crippen molar-refractivity contribution in [3.8, 4) is 5.75 Å². The molecule has 1 fully saturated rings. The van der Waals surface area contributed by atoms with E-state index in [0.29, 0.717) is 28.8 Å². The predicted octanol–water partition coefficient (Wildman–Crippen LogP) is 2.77. The molecule has 0 aliphatic carbocycles. The molecule has 9 heteroatoms. The highest BCUT2D eigenvalue weighted by molar-refractivity contribution is 7.17. The van der Waals surface area contributed by atoms with Gasteiger partial charge in [0.1, 0.15) is 11.0 Å². The van der Waals surface area contributed by atoms with Crippen LogP contribution in [-0.4, -0.2) is 66.4 Å². The second-order valence-electron chi connectivity index (χ2n) is 7.21. The van der Waals surface area contributed by atoms with Crippen molar-refractivity contribution in [3.63, 3.8) is 0 Å². The molecule has 1 aromatic heterocycles. The minimum Gasteiger partial charge on any atom is -0.487 e. The lowest BCUT2D eigenvalue weighted by Gasteiger charge is -2.31. The Labute approximate surface area is 173 Å². The van der Waals surface area contributed by atoms with Crippen molar-refractivity contribution in [1.82, 2.24) is 14.8 Å². The van der Waals surface area contributed by atoms with Gasteiger partial charge in [0.15, 0.2) is 16.7 Å². The summed E-state index contributed by atoms with van der Waals surface area (Å²) in [5, 5.41) is 3.20. The number of amides is 2. The molecule has 0 atom stereocenters. The van der Waals surface area contributed by atoms with E-state index in [0.717, 1.165) is 12.8 Å². The van der Waals surface area contributed by atoms with Crippen LogP contribution in [0.1, 0.15) is 28.2 Å². The van der Waals surface area contributed by atoms with Gasteiger partial charge in [-0.05, 0) is 31.9 Å². The number of halogens is 1. The first-order chi connectivity index (χ1) is 13.8. The van der Waals surface area contributed by atoms with E-state index in [1.54, 1.807) is 39.2 Å². The standard InChI is InChI=1S/C20H25FN4O3S/c1-13-18(19(27)24(2)3)29-20(22-13)23-17(26)12-25-10-8-14(9-11-25)28-16-7-5-4-6-15(16)21/h4-7,14H,8-12H2,1-3H3,(H,22,23,26). The maximum absolute atomic E-state index is 13.7. The van der Waals surface area contributed by atoms with Gasteiger partial charge in [-0.1, -0.05) is 23.5 Å². The monoisotopic (exact) mass is 420 g/mol. The highest BCUT2D eigenvalue weighted by Gasteiger charge is 2.24. The maximum atomic E-state index is 13.7. The number of anilines is 1. The Balaban J connectivity index is 1.47. The van der Waals surface area contributed by atoms with Crippen LogP contribution in [0.25, 0.3) is 0 Å². The average molecular weight is 421 g/mol.